The second kappa shape index (κ2) is 4.84. The number of fused-ring (bicyclic) bond motifs is 1. The Hall–Kier alpha value is -1.35. The van der Waals surface area contributed by atoms with Crippen LogP contribution in [0.2, 0.25) is 0 Å². The van der Waals surface area contributed by atoms with Gasteiger partial charge >= 0.3 is 5.97 Å². The third-order valence-electron chi connectivity index (χ3n) is 5.73. The fraction of sp³-hybridized carbons (Fsp3) is 0.611. The van der Waals surface area contributed by atoms with Gasteiger partial charge in [0.2, 0.25) is 0 Å². The highest BCUT2D eigenvalue weighted by Crippen LogP contribution is 2.51. The van der Waals surface area contributed by atoms with Crippen molar-refractivity contribution < 1.29 is 9.53 Å². The predicted octanol–water partition coefficient (Wildman–Crippen LogP) is 2.70. The van der Waals surface area contributed by atoms with E-state index in [0.717, 1.165) is 32.1 Å². The lowest BCUT2D eigenvalue weighted by atomic mass is 9.82. The number of benzene rings is 1. The van der Waals surface area contributed by atoms with E-state index in [2.05, 4.69) is 18.2 Å². The molecule has 3 nitrogen and oxygen atoms in total. The zero-order chi connectivity index (χ0) is 14.4. The third-order valence-corrected chi connectivity index (χ3v) is 5.73. The van der Waals surface area contributed by atoms with Crippen molar-refractivity contribution in [2.24, 2.45) is 11.1 Å². The highest BCUT2D eigenvalue weighted by molar-refractivity contribution is 5.72. The van der Waals surface area contributed by atoms with E-state index in [1.54, 1.807) is 0 Å². The molecule has 1 aromatic rings. The number of cyclic esters (lactones) is 1. The molecule has 1 aromatic carbocycles. The molecule has 3 atom stereocenters. The van der Waals surface area contributed by atoms with Crippen molar-refractivity contribution in [2.75, 3.05) is 6.61 Å². The summed E-state index contributed by atoms with van der Waals surface area (Å²) in [6.07, 6.45) is 7.30. The van der Waals surface area contributed by atoms with E-state index in [4.69, 9.17) is 10.5 Å². The van der Waals surface area contributed by atoms with E-state index in [0.29, 0.717) is 25.0 Å². The molecular weight excluding hydrogens is 262 g/mol. The smallest absolute Gasteiger partial charge is 0.306 e. The molecular formula is C18H23NO2. The van der Waals surface area contributed by atoms with Gasteiger partial charge in [0.1, 0.15) is 0 Å². The Bertz CT molecular complexity index is 583. The topological polar surface area (TPSA) is 52.3 Å². The maximum Gasteiger partial charge on any atom is 0.306 e. The number of aryl methyl sites for hydroxylation is 1. The minimum atomic E-state index is -0.00456. The molecule has 112 valence electrons. The van der Waals surface area contributed by atoms with E-state index >= 15 is 0 Å². The molecule has 0 bridgehead atoms. The van der Waals surface area contributed by atoms with Crippen LogP contribution in [0.3, 0.4) is 0 Å². The molecule has 1 heterocycles. The van der Waals surface area contributed by atoms with Crippen LogP contribution in [-0.2, 0) is 22.4 Å². The van der Waals surface area contributed by atoms with Gasteiger partial charge < -0.3 is 10.5 Å². The van der Waals surface area contributed by atoms with Gasteiger partial charge in [-0.05, 0) is 61.1 Å². The molecule has 2 aliphatic carbocycles. The summed E-state index contributed by atoms with van der Waals surface area (Å²) >= 11 is 0. The molecule has 4 rings (SSSR count). The number of ether oxygens (including phenoxy) is 1. The summed E-state index contributed by atoms with van der Waals surface area (Å²) in [4.78, 5) is 11.4. The second-order valence-electron chi connectivity index (χ2n) is 7.31. The monoisotopic (exact) mass is 285 g/mol. The van der Waals surface area contributed by atoms with Crippen molar-refractivity contribution in [3.8, 4) is 0 Å². The van der Waals surface area contributed by atoms with E-state index in [1.807, 2.05) is 0 Å². The second-order valence-corrected chi connectivity index (χ2v) is 7.31. The van der Waals surface area contributed by atoms with Crippen molar-refractivity contribution in [1.82, 2.24) is 0 Å². The van der Waals surface area contributed by atoms with Gasteiger partial charge in [0.15, 0.2) is 0 Å². The van der Waals surface area contributed by atoms with Crippen LogP contribution in [0.4, 0.5) is 0 Å². The van der Waals surface area contributed by atoms with Crippen LogP contribution in [0.25, 0.3) is 0 Å². The lowest BCUT2D eigenvalue weighted by molar-refractivity contribution is -0.137. The summed E-state index contributed by atoms with van der Waals surface area (Å²) in [7, 11) is 0. The summed E-state index contributed by atoms with van der Waals surface area (Å²) in [6, 6.07) is 7.31. The van der Waals surface area contributed by atoms with E-state index in [9.17, 15) is 4.79 Å². The Morgan fingerprint density at radius 3 is 2.95 bits per heavy atom. The van der Waals surface area contributed by atoms with Crippen molar-refractivity contribution >= 4 is 5.97 Å². The summed E-state index contributed by atoms with van der Waals surface area (Å²) in [5, 5.41) is 0. The van der Waals surface area contributed by atoms with Crippen LogP contribution in [0.1, 0.15) is 54.7 Å². The number of hydrogen-bond donors (Lipinski definition) is 1. The van der Waals surface area contributed by atoms with Crippen LogP contribution in [0.5, 0.6) is 0 Å². The Morgan fingerprint density at radius 1 is 1.24 bits per heavy atom. The SMILES string of the molecule is NC1CCc2cc([C@H]3CC[C@]4(COC(=O)C4)C3)ccc2C1. The predicted molar refractivity (Wildman–Crippen MR) is 81.0 cm³/mol. The highest BCUT2D eigenvalue weighted by atomic mass is 16.5. The first kappa shape index (κ1) is 13.3. The Kier molecular flexibility index (Phi) is 3.07. The van der Waals surface area contributed by atoms with Crippen molar-refractivity contribution in [1.29, 1.82) is 0 Å². The summed E-state index contributed by atoms with van der Waals surface area (Å²) < 4.78 is 5.22. The molecule has 0 aromatic heterocycles. The lowest BCUT2D eigenvalue weighted by Gasteiger charge is -2.24. The molecule has 3 aliphatic rings. The zero-order valence-electron chi connectivity index (χ0n) is 12.4. The Morgan fingerprint density at radius 2 is 2.14 bits per heavy atom. The molecule has 0 amide bonds. The average molecular weight is 285 g/mol. The van der Waals surface area contributed by atoms with Crippen LogP contribution in [0, 0.1) is 5.41 Å². The van der Waals surface area contributed by atoms with Crippen LogP contribution in [0.15, 0.2) is 18.2 Å². The summed E-state index contributed by atoms with van der Waals surface area (Å²) in [5.74, 6) is 0.593. The van der Waals surface area contributed by atoms with Gasteiger partial charge in [-0.25, -0.2) is 0 Å². The summed E-state index contributed by atoms with van der Waals surface area (Å²) in [5.41, 5.74) is 10.6. The van der Waals surface area contributed by atoms with E-state index in [-0.39, 0.29) is 11.4 Å². The van der Waals surface area contributed by atoms with E-state index in [1.165, 1.54) is 23.1 Å². The minimum absolute atomic E-state index is 0.00456. The van der Waals surface area contributed by atoms with Crippen LogP contribution < -0.4 is 5.73 Å². The summed E-state index contributed by atoms with van der Waals surface area (Å²) in [6.45, 7) is 0.641. The maximum atomic E-state index is 11.4. The van der Waals surface area contributed by atoms with E-state index < -0.39 is 0 Å². The number of esters is 1. The average Bonchev–Trinajstić information content (AvgIpc) is 3.05. The van der Waals surface area contributed by atoms with Gasteiger partial charge in [-0.3, -0.25) is 4.79 Å². The first-order valence-electron chi connectivity index (χ1n) is 8.16. The Labute approximate surface area is 125 Å². The minimum Gasteiger partial charge on any atom is -0.465 e. The molecule has 1 saturated carbocycles. The molecule has 21 heavy (non-hydrogen) atoms. The molecule has 2 fully saturated rings. The van der Waals surface area contributed by atoms with Crippen molar-refractivity contribution in [2.45, 2.75) is 56.9 Å². The lowest BCUT2D eigenvalue weighted by Crippen LogP contribution is -2.27. The molecule has 1 unspecified atom stereocenters. The number of nitrogens with two attached hydrogens (primary N) is 1. The van der Waals surface area contributed by atoms with Crippen molar-refractivity contribution in [3.63, 3.8) is 0 Å². The van der Waals surface area contributed by atoms with Gasteiger partial charge in [-0.1, -0.05) is 18.2 Å². The quantitative estimate of drug-likeness (QED) is 0.807. The maximum absolute atomic E-state index is 11.4. The molecule has 1 aliphatic heterocycles. The van der Waals surface area contributed by atoms with Gasteiger partial charge in [0, 0.05) is 11.5 Å². The van der Waals surface area contributed by atoms with Gasteiger partial charge in [0.05, 0.1) is 13.0 Å². The molecule has 1 spiro atoms. The highest BCUT2D eigenvalue weighted by Gasteiger charge is 2.46. The van der Waals surface area contributed by atoms with Crippen LogP contribution >= 0.6 is 0 Å². The third kappa shape index (κ3) is 2.38. The number of carbonyl (C=O) groups is 1. The Balaban J connectivity index is 1.54. The fourth-order valence-electron chi connectivity index (χ4n) is 4.48. The molecule has 1 saturated heterocycles. The normalized spacial score (nSPS) is 35.0. The first-order chi connectivity index (χ1) is 10.1. The standard InChI is InChI=1S/C18H23NO2/c19-16-4-3-12-7-13(1-2-14(12)8-16)15-5-6-18(9-15)10-17(20)21-11-18/h1-2,7,15-16H,3-6,8-11,19H2/t15-,16?,18-/m0/s1. The number of rotatable bonds is 1. The van der Waals surface area contributed by atoms with Gasteiger partial charge in [-0.15, -0.1) is 0 Å². The molecule has 3 heteroatoms. The largest absolute Gasteiger partial charge is 0.465 e. The molecule has 0 radical (unpaired) electrons. The first-order valence-corrected chi connectivity index (χ1v) is 8.16. The van der Waals surface area contributed by atoms with Crippen molar-refractivity contribution in [3.05, 3.63) is 34.9 Å². The van der Waals surface area contributed by atoms with Crippen LogP contribution in [-0.4, -0.2) is 18.6 Å². The van der Waals surface area contributed by atoms with Gasteiger partial charge in [-0.2, -0.15) is 0 Å². The fourth-order valence-corrected chi connectivity index (χ4v) is 4.48. The zero-order valence-corrected chi connectivity index (χ0v) is 12.4. The number of hydrogen-bond acceptors (Lipinski definition) is 3. The molecule has 2 N–H and O–H groups in total. The number of carbonyl (C=O) groups excluding carboxylic acids is 1. The van der Waals surface area contributed by atoms with Gasteiger partial charge in [0.25, 0.3) is 0 Å².